The SMILES string of the molecule is CS/C(=N\C(N)=O)NC(=O)[C@H](CNC(=O)OC(C)(C)C)N(C)C(=O)OCc1ccccc1. The van der Waals surface area contributed by atoms with E-state index in [9.17, 15) is 19.2 Å². The summed E-state index contributed by atoms with van der Waals surface area (Å²) in [6.45, 7) is 4.78. The van der Waals surface area contributed by atoms with E-state index in [1.165, 1.54) is 7.05 Å². The van der Waals surface area contributed by atoms with E-state index in [0.717, 1.165) is 22.2 Å². The van der Waals surface area contributed by atoms with Crippen molar-refractivity contribution in [3.8, 4) is 0 Å². The third-order valence-corrected chi connectivity index (χ3v) is 4.32. The van der Waals surface area contributed by atoms with Gasteiger partial charge in [-0.15, -0.1) is 0 Å². The van der Waals surface area contributed by atoms with Gasteiger partial charge in [0.2, 0.25) is 0 Å². The molecule has 5 amide bonds. The molecule has 0 aliphatic rings. The van der Waals surface area contributed by atoms with Crippen LogP contribution in [0.2, 0.25) is 0 Å². The number of rotatable bonds is 6. The molecule has 0 aliphatic heterocycles. The summed E-state index contributed by atoms with van der Waals surface area (Å²) in [7, 11) is 1.35. The summed E-state index contributed by atoms with van der Waals surface area (Å²) in [6, 6.07) is 6.81. The first-order valence-corrected chi connectivity index (χ1v) is 10.8. The van der Waals surface area contributed by atoms with Crippen molar-refractivity contribution in [2.24, 2.45) is 10.7 Å². The quantitative estimate of drug-likeness (QED) is 0.428. The van der Waals surface area contributed by atoms with Crippen LogP contribution in [-0.4, -0.2) is 65.7 Å². The number of nitrogens with zero attached hydrogens (tertiary/aromatic N) is 2. The van der Waals surface area contributed by atoms with Gasteiger partial charge in [0.15, 0.2) is 5.17 Å². The fraction of sp³-hybridized carbons (Fsp3) is 0.450. The number of carbonyl (C=O) groups excluding carboxylic acids is 4. The number of hydrogen-bond donors (Lipinski definition) is 3. The minimum atomic E-state index is -1.20. The second-order valence-electron chi connectivity index (χ2n) is 7.50. The smallest absolute Gasteiger partial charge is 0.410 e. The Kier molecular flexibility index (Phi) is 10.5. The number of urea groups is 1. The molecule has 4 N–H and O–H groups in total. The number of amidine groups is 1. The second kappa shape index (κ2) is 12.5. The van der Waals surface area contributed by atoms with Crippen LogP contribution in [0.4, 0.5) is 14.4 Å². The molecule has 1 atom stereocenters. The summed E-state index contributed by atoms with van der Waals surface area (Å²) in [5, 5.41) is 4.80. The fourth-order valence-electron chi connectivity index (χ4n) is 2.26. The normalized spacial score (nSPS) is 12.3. The Hall–Kier alpha value is -3.28. The summed E-state index contributed by atoms with van der Waals surface area (Å²) < 4.78 is 10.4. The first-order chi connectivity index (χ1) is 14.9. The minimum absolute atomic E-state index is 0.00293. The molecule has 0 fully saturated rings. The van der Waals surface area contributed by atoms with Crippen LogP contribution in [0.25, 0.3) is 0 Å². The van der Waals surface area contributed by atoms with Crippen molar-refractivity contribution in [2.45, 2.75) is 39.0 Å². The van der Waals surface area contributed by atoms with Gasteiger partial charge in [0, 0.05) is 7.05 Å². The van der Waals surface area contributed by atoms with Crippen LogP contribution in [0.15, 0.2) is 35.3 Å². The Balaban J connectivity index is 2.93. The van der Waals surface area contributed by atoms with Crippen LogP contribution < -0.4 is 16.4 Å². The third kappa shape index (κ3) is 10.2. The highest BCUT2D eigenvalue weighted by Gasteiger charge is 2.30. The van der Waals surface area contributed by atoms with Crippen molar-refractivity contribution in [2.75, 3.05) is 19.8 Å². The lowest BCUT2D eigenvalue weighted by atomic mass is 10.2. The standard InChI is InChI=1S/C20H29N5O6S/c1-20(2,3)31-18(28)22-11-14(15(26)23-17(32-5)24-16(21)27)25(4)19(29)30-12-13-9-7-6-8-10-13/h6-10,14H,11-12H2,1-5H3,(H,22,28)(H3,21,23,24,26,27)/t14-/m0/s1. The summed E-state index contributed by atoms with van der Waals surface area (Å²) in [6.07, 6.45) is 0.0168. The molecule has 0 radical (unpaired) electrons. The monoisotopic (exact) mass is 467 g/mol. The number of ether oxygens (including phenoxy) is 2. The zero-order valence-corrected chi connectivity index (χ0v) is 19.5. The molecule has 0 unspecified atom stereocenters. The van der Waals surface area contributed by atoms with Crippen molar-refractivity contribution >= 4 is 41.1 Å². The molecular formula is C20H29N5O6S. The molecule has 0 spiro atoms. The number of thioether (sulfide) groups is 1. The van der Waals surface area contributed by atoms with E-state index >= 15 is 0 Å². The maximum atomic E-state index is 12.8. The molecule has 0 saturated carbocycles. The third-order valence-electron chi connectivity index (χ3n) is 3.74. The highest BCUT2D eigenvalue weighted by atomic mass is 32.2. The Morgan fingerprint density at radius 2 is 1.81 bits per heavy atom. The van der Waals surface area contributed by atoms with Crippen LogP contribution >= 0.6 is 11.8 Å². The van der Waals surface area contributed by atoms with Crippen LogP contribution in [0.5, 0.6) is 0 Å². The van der Waals surface area contributed by atoms with Crippen molar-refractivity contribution < 1.29 is 28.7 Å². The number of hydrogen-bond acceptors (Lipinski definition) is 7. The van der Waals surface area contributed by atoms with Gasteiger partial charge in [-0.2, -0.15) is 4.99 Å². The lowest BCUT2D eigenvalue weighted by Crippen LogP contribution is -2.54. The molecule has 0 heterocycles. The van der Waals surface area contributed by atoms with Gasteiger partial charge in [-0.05, 0) is 32.6 Å². The van der Waals surface area contributed by atoms with E-state index in [2.05, 4.69) is 15.6 Å². The topological polar surface area (TPSA) is 152 Å². The number of nitrogens with one attached hydrogen (secondary N) is 2. The van der Waals surface area contributed by atoms with E-state index in [1.54, 1.807) is 51.3 Å². The molecule has 11 nitrogen and oxygen atoms in total. The van der Waals surface area contributed by atoms with Crippen molar-refractivity contribution in [3.63, 3.8) is 0 Å². The summed E-state index contributed by atoms with van der Waals surface area (Å²) >= 11 is 0.974. The summed E-state index contributed by atoms with van der Waals surface area (Å²) in [5.41, 5.74) is 5.05. The van der Waals surface area contributed by atoms with Crippen LogP contribution in [-0.2, 0) is 20.9 Å². The number of benzene rings is 1. The van der Waals surface area contributed by atoms with E-state index < -0.39 is 35.8 Å². The van der Waals surface area contributed by atoms with E-state index in [-0.39, 0.29) is 18.3 Å². The van der Waals surface area contributed by atoms with Gasteiger partial charge in [-0.25, -0.2) is 14.4 Å². The number of nitrogens with two attached hydrogens (primary N) is 1. The Labute approximate surface area is 191 Å². The number of carbonyl (C=O) groups is 4. The number of aliphatic imine (C=N–C) groups is 1. The van der Waals surface area contributed by atoms with Gasteiger partial charge < -0.3 is 25.8 Å². The minimum Gasteiger partial charge on any atom is -0.445 e. The molecule has 176 valence electrons. The number of likely N-dealkylation sites (N-methyl/N-ethyl adjacent to an activating group) is 1. The Morgan fingerprint density at radius 3 is 2.34 bits per heavy atom. The molecule has 1 aromatic carbocycles. The first kappa shape index (κ1) is 26.8. The largest absolute Gasteiger partial charge is 0.445 e. The Bertz CT molecular complexity index is 841. The van der Waals surface area contributed by atoms with Crippen LogP contribution in [0.1, 0.15) is 26.3 Å². The molecule has 0 aromatic heterocycles. The summed E-state index contributed by atoms with van der Waals surface area (Å²) in [4.78, 5) is 52.9. The second-order valence-corrected chi connectivity index (χ2v) is 8.29. The lowest BCUT2D eigenvalue weighted by molar-refractivity contribution is -0.124. The van der Waals surface area contributed by atoms with Crippen molar-refractivity contribution in [1.82, 2.24) is 15.5 Å². The van der Waals surface area contributed by atoms with Crippen LogP contribution in [0, 0.1) is 0 Å². The molecule has 12 heteroatoms. The molecule has 1 aromatic rings. The van der Waals surface area contributed by atoms with Gasteiger partial charge in [0.1, 0.15) is 18.2 Å². The molecule has 0 saturated heterocycles. The van der Waals surface area contributed by atoms with Crippen molar-refractivity contribution in [1.29, 1.82) is 0 Å². The maximum absolute atomic E-state index is 12.8. The van der Waals surface area contributed by atoms with E-state index in [4.69, 9.17) is 15.2 Å². The number of amides is 5. The Morgan fingerprint density at radius 1 is 1.19 bits per heavy atom. The van der Waals surface area contributed by atoms with Gasteiger partial charge >= 0.3 is 18.2 Å². The average molecular weight is 468 g/mol. The molecular weight excluding hydrogens is 438 g/mol. The van der Waals surface area contributed by atoms with Crippen molar-refractivity contribution in [3.05, 3.63) is 35.9 Å². The van der Waals surface area contributed by atoms with Gasteiger partial charge in [-0.3, -0.25) is 9.69 Å². The average Bonchev–Trinajstić information content (AvgIpc) is 2.70. The maximum Gasteiger partial charge on any atom is 0.410 e. The molecule has 32 heavy (non-hydrogen) atoms. The number of primary amides is 1. The van der Waals surface area contributed by atoms with Crippen LogP contribution in [0.3, 0.4) is 0 Å². The zero-order valence-electron chi connectivity index (χ0n) is 18.7. The predicted octanol–water partition coefficient (Wildman–Crippen LogP) is 2.06. The molecule has 0 aliphatic carbocycles. The van der Waals surface area contributed by atoms with Gasteiger partial charge in [0.05, 0.1) is 6.54 Å². The van der Waals surface area contributed by atoms with E-state index in [0.29, 0.717) is 0 Å². The van der Waals surface area contributed by atoms with Gasteiger partial charge in [-0.1, -0.05) is 42.1 Å². The predicted molar refractivity (Wildman–Crippen MR) is 121 cm³/mol. The van der Waals surface area contributed by atoms with Gasteiger partial charge in [0.25, 0.3) is 5.91 Å². The fourth-order valence-corrected chi connectivity index (χ4v) is 2.65. The highest BCUT2D eigenvalue weighted by molar-refractivity contribution is 8.13. The summed E-state index contributed by atoms with van der Waals surface area (Å²) in [5.74, 6) is -0.713. The van der Waals surface area contributed by atoms with E-state index in [1.807, 2.05) is 6.07 Å². The molecule has 0 bridgehead atoms. The first-order valence-electron chi connectivity index (χ1n) is 9.56. The highest BCUT2D eigenvalue weighted by Crippen LogP contribution is 2.08. The molecule has 1 rings (SSSR count). The number of alkyl carbamates (subject to hydrolysis) is 1. The zero-order chi connectivity index (χ0) is 24.3. The lowest BCUT2D eigenvalue weighted by Gasteiger charge is -2.27.